The Morgan fingerprint density at radius 2 is 2.28 bits per heavy atom. The van der Waals surface area contributed by atoms with Gasteiger partial charge in [0, 0.05) is 23.1 Å². The van der Waals surface area contributed by atoms with Gasteiger partial charge in [0.25, 0.3) is 0 Å². The van der Waals surface area contributed by atoms with E-state index in [4.69, 9.17) is 18.0 Å². The summed E-state index contributed by atoms with van der Waals surface area (Å²) < 4.78 is 0.967. The molecular weight excluding hydrogens is 312 g/mol. The van der Waals surface area contributed by atoms with Gasteiger partial charge in [-0.05, 0) is 46.5 Å². The molecule has 1 fully saturated rings. The molecule has 5 heteroatoms. The minimum absolute atomic E-state index is 0.263. The van der Waals surface area contributed by atoms with Crippen LogP contribution in [-0.4, -0.2) is 29.3 Å². The Kier molecular flexibility index (Phi) is 4.25. The molecule has 1 saturated heterocycles. The van der Waals surface area contributed by atoms with E-state index in [1.807, 2.05) is 18.2 Å². The Balaban J connectivity index is 2.21. The van der Waals surface area contributed by atoms with Crippen LogP contribution in [0.2, 0.25) is 0 Å². The number of thiocarbonyl (C=S) groups is 1. The highest BCUT2D eigenvalue weighted by Gasteiger charge is 2.25. The number of nitrogens with two attached hydrogens (primary N) is 1. The first kappa shape index (κ1) is 13.8. The summed E-state index contributed by atoms with van der Waals surface area (Å²) in [6.45, 7) is 3.72. The van der Waals surface area contributed by atoms with Gasteiger partial charge in [-0.3, -0.25) is 0 Å². The quantitative estimate of drug-likeness (QED) is 0.818. The molecule has 1 heterocycles. The summed E-state index contributed by atoms with van der Waals surface area (Å²) in [6, 6.07) is 5.86. The van der Waals surface area contributed by atoms with Crippen molar-refractivity contribution in [3.05, 3.63) is 28.2 Å². The van der Waals surface area contributed by atoms with Gasteiger partial charge >= 0.3 is 0 Å². The Morgan fingerprint density at radius 1 is 1.56 bits per heavy atom. The largest absolute Gasteiger partial charge is 0.391 e. The van der Waals surface area contributed by atoms with E-state index in [0.29, 0.717) is 17.5 Å². The summed E-state index contributed by atoms with van der Waals surface area (Å²) >= 11 is 8.51. The van der Waals surface area contributed by atoms with E-state index in [9.17, 15) is 5.11 Å². The Bertz CT molecular complexity index is 466. The topological polar surface area (TPSA) is 49.5 Å². The number of β-amino-alcohol motifs (C(OH)–C–C–N with tert-alkyl or cyclic N) is 1. The van der Waals surface area contributed by atoms with E-state index >= 15 is 0 Å². The summed E-state index contributed by atoms with van der Waals surface area (Å²) in [4.78, 5) is 2.59. The molecule has 0 spiro atoms. The maximum absolute atomic E-state index is 9.95. The van der Waals surface area contributed by atoms with Gasteiger partial charge in [-0.15, -0.1) is 0 Å². The lowest BCUT2D eigenvalue weighted by molar-refractivity contribution is 0.103. The van der Waals surface area contributed by atoms with Crippen LogP contribution in [0.4, 0.5) is 5.69 Å². The van der Waals surface area contributed by atoms with Crippen molar-refractivity contribution >= 4 is 38.8 Å². The van der Waals surface area contributed by atoms with Crippen LogP contribution in [-0.2, 0) is 0 Å². The molecule has 0 aromatic heterocycles. The van der Waals surface area contributed by atoms with Crippen molar-refractivity contribution in [1.82, 2.24) is 0 Å². The molecule has 3 N–H and O–H groups in total. The van der Waals surface area contributed by atoms with Crippen molar-refractivity contribution in [2.45, 2.75) is 19.4 Å². The van der Waals surface area contributed by atoms with Crippen molar-refractivity contribution in [3.63, 3.8) is 0 Å². The third kappa shape index (κ3) is 2.84. The number of hydrogen-bond donors (Lipinski definition) is 2. The van der Waals surface area contributed by atoms with Crippen molar-refractivity contribution in [2.75, 3.05) is 18.0 Å². The molecule has 1 aromatic carbocycles. The molecule has 0 saturated carbocycles. The minimum atomic E-state index is -0.263. The normalized spacial score (nSPS) is 24.1. The van der Waals surface area contributed by atoms with E-state index in [1.54, 1.807) is 0 Å². The zero-order valence-corrected chi connectivity index (χ0v) is 12.7. The number of hydrogen-bond acceptors (Lipinski definition) is 3. The molecule has 2 unspecified atom stereocenters. The highest BCUT2D eigenvalue weighted by Crippen LogP contribution is 2.30. The van der Waals surface area contributed by atoms with Crippen LogP contribution in [0.15, 0.2) is 22.7 Å². The fourth-order valence-corrected chi connectivity index (χ4v) is 2.94. The molecular formula is C13H17BrN2OS. The summed E-state index contributed by atoms with van der Waals surface area (Å²) in [5, 5.41) is 9.95. The van der Waals surface area contributed by atoms with E-state index in [0.717, 1.165) is 28.7 Å². The fourth-order valence-electron chi connectivity index (χ4n) is 2.18. The van der Waals surface area contributed by atoms with Crippen LogP contribution in [0.5, 0.6) is 0 Å². The van der Waals surface area contributed by atoms with Crippen LogP contribution in [0.1, 0.15) is 18.9 Å². The molecule has 0 aliphatic carbocycles. The number of aliphatic hydroxyl groups is 1. The average molecular weight is 329 g/mol. The molecule has 1 aliphatic rings. The fraction of sp³-hybridized carbons (Fsp3) is 0.462. The van der Waals surface area contributed by atoms with Gasteiger partial charge < -0.3 is 15.7 Å². The second-order valence-corrected chi connectivity index (χ2v) is 6.10. The second-order valence-electron chi connectivity index (χ2n) is 4.81. The number of aliphatic hydroxyl groups excluding tert-OH is 1. The van der Waals surface area contributed by atoms with E-state index in [1.165, 1.54) is 0 Å². The number of rotatable bonds is 2. The van der Waals surface area contributed by atoms with Crippen LogP contribution in [0, 0.1) is 5.92 Å². The van der Waals surface area contributed by atoms with E-state index < -0.39 is 0 Å². The summed E-state index contributed by atoms with van der Waals surface area (Å²) in [5.74, 6) is 0.371. The number of piperidine rings is 1. The Labute approximate surface area is 121 Å². The molecule has 1 aliphatic heterocycles. The first-order valence-corrected chi connectivity index (χ1v) is 7.21. The monoisotopic (exact) mass is 328 g/mol. The predicted octanol–water partition coefficient (Wildman–Crippen LogP) is 2.29. The van der Waals surface area contributed by atoms with Crippen LogP contribution >= 0.6 is 28.1 Å². The molecule has 0 bridgehead atoms. The van der Waals surface area contributed by atoms with Crippen LogP contribution in [0.25, 0.3) is 0 Å². The second kappa shape index (κ2) is 5.55. The minimum Gasteiger partial charge on any atom is -0.391 e. The number of anilines is 1. The summed E-state index contributed by atoms with van der Waals surface area (Å²) in [5.41, 5.74) is 7.55. The molecule has 3 nitrogen and oxygen atoms in total. The van der Waals surface area contributed by atoms with Crippen molar-refractivity contribution in [3.8, 4) is 0 Å². The highest BCUT2D eigenvalue weighted by molar-refractivity contribution is 9.10. The van der Waals surface area contributed by atoms with Gasteiger partial charge in [-0.1, -0.05) is 19.1 Å². The van der Waals surface area contributed by atoms with Crippen LogP contribution < -0.4 is 10.6 Å². The Hall–Kier alpha value is -0.650. The zero-order valence-electron chi connectivity index (χ0n) is 10.3. The number of halogens is 1. The first-order chi connectivity index (χ1) is 8.49. The molecule has 0 radical (unpaired) electrons. The third-order valence-electron chi connectivity index (χ3n) is 3.49. The first-order valence-electron chi connectivity index (χ1n) is 6.01. The van der Waals surface area contributed by atoms with Gasteiger partial charge in [-0.2, -0.15) is 0 Å². The molecule has 1 aromatic rings. The van der Waals surface area contributed by atoms with Crippen LogP contribution in [0.3, 0.4) is 0 Å². The molecule has 0 amide bonds. The van der Waals surface area contributed by atoms with Crippen molar-refractivity contribution in [2.24, 2.45) is 11.7 Å². The van der Waals surface area contributed by atoms with Gasteiger partial charge in [-0.25, -0.2) is 0 Å². The lowest BCUT2D eigenvalue weighted by Gasteiger charge is -2.36. The molecule has 2 atom stereocenters. The van der Waals surface area contributed by atoms with Gasteiger partial charge in [0.2, 0.25) is 0 Å². The summed E-state index contributed by atoms with van der Waals surface area (Å²) in [6.07, 6.45) is 0.742. The lowest BCUT2D eigenvalue weighted by Crippen LogP contribution is -2.43. The molecule has 18 heavy (non-hydrogen) atoms. The molecule has 2 rings (SSSR count). The van der Waals surface area contributed by atoms with Gasteiger partial charge in [0.05, 0.1) is 11.8 Å². The SMILES string of the molecule is CC1CCN(c2ccc(C(N)=S)cc2Br)CC1O. The zero-order chi connectivity index (χ0) is 13.3. The smallest absolute Gasteiger partial charge is 0.104 e. The molecule has 98 valence electrons. The third-order valence-corrected chi connectivity index (χ3v) is 4.36. The average Bonchev–Trinajstić information content (AvgIpc) is 2.32. The highest BCUT2D eigenvalue weighted by atomic mass is 79.9. The lowest BCUT2D eigenvalue weighted by atomic mass is 9.95. The standard InChI is InChI=1S/C13H17BrN2OS/c1-8-4-5-16(7-12(8)17)11-3-2-9(13(15)18)6-10(11)14/h2-3,6,8,12,17H,4-5,7H2,1H3,(H2,15,18). The van der Waals surface area contributed by atoms with E-state index in [-0.39, 0.29) is 6.10 Å². The number of nitrogens with zero attached hydrogens (tertiary/aromatic N) is 1. The van der Waals surface area contributed by atoms with E-state index in [2.05, 4.69) is 27.8 Å². The predicted molar refractivity (Wildman–Crippen MR) is 82.0 cm³/mol. The maximum atomic E-state index is 9.95. The number of benzene rings is 1. The maximum Gasteiger partial charge on any atom is 0.104 e. The van der Waals surface area contributed by atoms with Crippen molar-refractivity contribution in [1.29, 1.82) is 0 Å². The summed E-state index contributed by atoms with van der Waals surface area (Å²) in [7, 11) is 0. The van der Waals surface area contributed by atoms with Crippen molar-refractivity contribution < 1.29 is 5.11 Å². The van der Waals surface area contributed by atoms with Gasteiger partial charge in [0.1, 0.15) is 4.99 Å². The Morgan fingerprint density at radius 3 is 2.83 bits per heavy atom. The van der Waals surface area contributed by atoms with Gasteiger partial charge in [0.15, 0.2) is 0 Å².